The lowest BCUT2D eigenvalue weighted by Gasteiger charge is -2.33. The van der Waals surface area contributed by atoms with E-state index in [1.54, 1.807) is 0 Å². The molecule has 3 N–H and O–H groups in total. The molecular weight excluding hydrogens is 312 g/mol. The Morgan fingerprint density at radius 2 is 2.04 bits per heavy atom. The molecule has 134 valence electrons. The van der Waals surface area contributed by atoms with Crippen LogP contribution in [0.1, 0.15) is 30.5 Å². The fourth-order valence-corrected chi connectivity index (χ4v) is 4.51. The summed E-state index contributed by atoms with van der Waals surface area (Å²) in [7, 11) is 1.92. The molecule has 5 nitrogen and oxygen atoms in total. The standard InChI is InChI=1S/C20H28N4O/c1-14-15-5-3-4-6-16(15)23-18(14)12-24(2)19(25)17-11-20(13-22-17)7-9-21-10-8-20/h3-6,17,21-23H,7-13H2,1-2H3. The quantitative estimate of drug-likeness (QED) is 0.802. The van der Waals surface area contributed by atoms with Gasteiger partial charge in [-0.25, -0.2) is 0 Å². The van der Waals surface area contributed by atoms with Crippen LogP contribution in [0.2, 0.25) is 0 Å². The molecule has 5 heteroatoms. The number of aromatic nitrogens is 1. The number of hydrogen-bond acceptors (Lipinski definition) is 3. The number of amides is 1. The van der Waals surface area contributed by atoms with Crippen molar-refractivity contribution in [1.29, 1.82) is 0 Å². The number of benzene rings is 1. The van der Waals surface area contributed by atoms with Crippen LogP contribution in [0.15, 0.2) is 24.3 Å². The lowest BCUT2D eigenvalue weighted by atomic mass is 9.77. The fourth-order valence-electron chi connectivity index (χ4n) is 4.51. The summed E-state index contributed by atoms with van der Waals surface area (Å²) in [6.07, 6.45) is 3.33. The molecular formula is C20H28N4O. The van der Waals surface area contributed by atoms with E-state index < -0.39 is 0 Å². The Balaban J connectivity index is 1.44. The minimum Gasteiger partial charge on any atom is -0.357 e. The summed E-state index contributed by atoms with van der Waals surface area (Å²) in [5, 5.41) is 8.16. The molecule has 2 aliphatic rings. The van der Waals surface area contributed by atoms with Gasteiger partial charge in [0.05, 0.1) is 12.6 Å². The van der Waals surface area contributed by atoms with E-state index in [0.717, 1.165) is 37.3 Å². The molecule has 1 spiro atoms. The second kappa shape index (κ2) is 6.46. The molecule has 1 amide bonds. The smallest absolute Gasteiger partial charge is 0.239 e. The number of nitrogens with zero attached hydrogens (tertiary/aromatic N) is 1. The maximum atomic E-state index is 12.9. The summed E-state index contributed by atoms with van der Waals surface area (Å²) in [6, 6.07) is 8.28. The van der Waals surface area contributed by atoms with Gasteiger partial charge in [-0.1, -0.05) is 18.2 Å². The molecule has 0 aliphatic carbocycles. The Morgan fingerprint density at radius 1 is 1.28 bits per heavy atom. The number of piperidine rings is 1. The first-order valence-electron chi connectivity index (χ1n) is 9.33. The molecule has 0 saturated carbocycles. The summed E-state index contributed by atoms with van der Waals surface area (Å²) in [5.74, 6) is 0.216. The number of H-pyrrole nitrogens is 1. The predicted octanol–water partition coefficient (Wildman–Crippen LogP) is 2.17. The van der Waals surface area contributed by atoms with Gasteiger partial charge in [-0.3, -0.25) is 4.79 Å². The summed E-state index contributed by atoms with van der Waals surface area (Å²) < 4.78 is 0. The van der Waals surface area contributed by atoms with Crippen molar-refractivity contribution in [3.05, 3.63) is 35.5 Å². The van der Waals surface area contributed by atoms with E-state index in [9.17, 15) is 4.79 Å². The minimum absolute atomic E-state index is 0.0345. The van der Waals surface area contributed by atoms with Gasteiger partial charge in [0.25, 0.3) is 0 Å². The first-order chi connectivity index (χ1) is 12.1. The summed E-state index contributed by atoms with van der Waals surface area (Å²) >= 11 is 0. The van der Waals surface area contributed by atoms with Crippen molar-refractivity contribution in [3.8, 4) is 0 Å². The highest BCUT2D eigenvalue weighted by molar-refractivity contribution is 5.85. The van der Waals surface area contributed by atoms with Crippen molar-refractivity contribution in [1.82, 2.24) is 20.5 Å². The van der Waals surface area contributed by atoms with Crippen molar-refractivity contribution in [2.75, 3.05) is 26.7 Å². The molecule has 1 aromatic carbocycles. The first kappa shape index (κ1) is 16.6. The third-order valence-corrected chi connectivity index (χ3v) is 6.16. The monoisotopic (exact) mass is 340 g/mol. The number of aryl methyl sites for hydroxylation is 1. The Hall–Kier alpha value is -1.85. The normalized spacial score (nSPS) is 22.6. The average molecular weight is 340 g/mol. The van der Waals surface area contributed by atoms with Crippen molar-refractivity contribution < 1.29 is 4.79 Å². The number of hydrogen-bond donors (Lipinski definition) is 3. The highest BCUT2D eigenvalue weighted by Gasteiger charge is 2.42. The second-order valence-corrected chi connectivity index (χ2v) is 7.86. The molecule has 3 heterocycles. The molecule has 4 rings (SSSR count). The summed E-state index contributed by atoms with van der Waals surface area (Å²) in [4.78, 5) is 18.3. The van der Waals surface area contributed by atoms with Crippen LogP contribution in [0.5, 0.6) is 0 Å². The molecule has 0 bridgehead atoms. The molecule has 1 aromatic heterocycles. The number of fused-ring (bicyclic) bond motifs is 1. The highest BCUT2D eigenvalue weighted by Crippen LogP contribution is 2.37. The lowest BCUT2D eigenvalue weighted by Crippen LogP contribution is -2.41. The van der Waals surface area contributed by atoms with E-state index in [-0.39, 0.29) is 11.9 Å². The molecule has 2 aromatic rings. The number of carbonyl (C=O) groups is 1. The van der Waals surface area contributed by atoms with Gasteiger partial charge < -0.3 is 20.5 Å². The topological polar surface area (TPSA) is 60.2 Å². The maximum Gasteiger partial charge on any atom is 0.239 e. The molecule has 2 aliphatic heterocycles. The Morgan fingerprint density at radius 3 is 2.80 bits per heavy atom. The summed E-state index contributed by atoms with van der Waals surface area (Å²) in [6.45, 7) is 5.89. The van der Waals surface area contributed by atoms with E-state index >= 15 is 0 Å². The van der Waals surface area contributed by atoms with Crippen molar-refractivity contribution in [2.24, 2.45) is 5.41 Å². The maximum absolute atomic E-state index is 12.9. The van der Waals surface area contributed by atoms with Crippen LogP contribution in [0.4, 0.5) is 0 Å². The molecule has 25 heavy (non-hydrogen) atoms. The van der Waals surface area contributed by atoms with Crippen LogP contribution < -0.4 is 10.6 Å². The molecule has 2 fully saturated rings. The third kappa shape index (κ3) is 3.07. The van der Waals surface area contributed by atoms with E-state index in [1.165, 1.54) is 23.8 Å². The van der Waals surface area contributed by atoms with E-state index in [2.05, 4.69) is 40.7 Å². The van der Waals surface area contributed by atoms with Crippen LogP contribution in [0, 0.1) is 12.3 Å². The molecule has 1 atom stereocenters. The Labute approximate surface area is 149 Å². The zero-order valence-corrected chi connectivity index (χ0v) is 15.2. The SMILES string of the molecule is Cc1c(CN(C)C(=O)C2CC3(CCNCC3)CN2)[nH]c2ccccc12. The van der Waals surface area contributed by atoms with Gasteiger partial charge >= 0.3 is 0 Å². The molecule has 2 saturated heterocycles. The third-order valence-electron chi connectivity index (χ3n) is 6.16. The van der Waals surface area contributed by atoms with E-state index in [1.807, 2.05) is 18.0 Å². The van der Waals surface area contributed by atoms with Crippen LogP contribution >= 0.6 is 0 Å². The van der Waals surface area contributed by atoms with Crippen LogP contribution in [-0.4, -0.2) is 48.5 Å². The predicted molar refractivity (Wildman–Crippen MR) is 100 cm³/mol. The van der Waals surface area contributed by atoms with Gasteiger partial charge in [0.1, 0.15) is 0 Å². The second-order valence-electron chi connectivity index (χ2n) is 7.86. The lowest BCUT2D eigenvalue weighted by molar-refractivity contribution is -0.132. The van der Waals surface area contributed by atoms with Gasteiger partial charge in [0, 0.05) is 30.2 Å². The van der Waals surface area contributed by atoms with Gasteiger partial charge in [0.2, 0.25) is 5.91 Å². The minimum atomic E-state index is -0.0345. The average Bonchev–Trinajstić information content (AvgIpc) is 3.17. The van der Waals surface area contributed by atoms with Crippen molar-refractivity contribution >= 4 is 16.8 Å². The van der Waals surface area contributed by atoms with Gasteiger partial charge in [0.15, 0.2) is 0 Å². The fraction of sp³-hybridized carbons (Fsp3) is 0.550. The molecule has 0 radical (unpaired) electrons. The van der Waals surface area contributed by atoms with Crippen molar-refractivity contribution in [3.63, 3.8) is 0 Å². The highest BCUT2D eigenvalue weighted by atomic mass is 16.2. The van der Waals surface area contributed by atoms with E-state index in [4.69, 9.17) is 0 Å². The number of carbonyl (C=O) groups excluding carboxylic acids is 1. The number of rotatable bonds is 3. The van der Waals surface area contributed by atoms with Crippen LogP contribution in [-0.2, 0) is 11.3 Å². The Kier molecular flexibility index (Phi) is 4.29. The van der Waals surface area contributed by atoms with Gasteiger partial charge in [-0.2, -0.15) is 0 Å². The number of aromatic amines is 1. The zero-order chi connectivity index (χ0) is 17.4. The van der Waals surface area contributed by atoms with Crippen molar-refractivity contribution in [2.45, 2.75) is 38.8 Å². The van der Waals surface area contributed by atoms with E-state index in [0.29, 0.717) is 12.0 Å². The van der Waals surface area contributed by atoms with Gasteiger partial charge in [-0.15, -0.1) is 0 Å². The largest absolute Gasteiger partial charge is 0.357 e. The number of para-hydroxylation sites is 1. The number of likely N-dealkylation sites (N-methyl/N-ethyl adjacent to an activating group) is 1. The first-order valence-corrected chi connectivity index (χ1v) is 9.33. The van der Waals surface area contributed by atoms with Gasteiger partial charge in [-0.05, 0) is 56.3 Å². The molecule has 1 unspecified atom stereocenters. The van der Waals surface area contributed by atoms with Crippen LogP contribution in [0.3, 0.4) is 0 Å². The number of nitrogens with one attached hydrogen (secondary N) is 3. The van der Waals surface area contributed by atoms with Crippen LogP contribution in [0.25, 0.3) is 10.9 Å². The zero-order valence-electron chi connectivity index (χ0n) is 15.2. The summed E-state index contributed by atoms with van der Waals surface area (Å²) in [5.41, 5.74) is 3.84. The Bertz CT molecular complexity index is 775.